The monoisotopic (exact) mass is 282 g/mol. The number of hydrogen-bond acceptors (Lipinski definition) is 1. The smallest absolute Gasteiger partial charge is 0.314 e. The third kappa shape index (κ3) is 1.88. The standard InChI is InChI=1S/C13H15BrO2/c1-2-3-9-8-10(14)4-5-11(9)13(6-7-13)12(15)16/h4-5,8H,2-3,6-7H2,1H3,(H,15,16). The van der Waals surface area contributed by atoms with Crippen molar-refractivity contribution in [1.29, 1.82) is 0 Å². The number of rotatable bonds is 4. The summed E-state index contributed by atoms with van der Waals surface area (Å²) >= 11 is 3.44. The van der Waals surface area contributed by atoms with E-state index in [1.165, 1.54) is 5.56 Å². The Morgan fingerprint density at radius 1 is 1.50 bits per heavy atom. The second-order valence-electron chi connectivity index (χ2n) is 4.44. The molecular formula is C13H15BrO2. The first-order valence-electron chi connectivity index (χ1n) is 5.62. The van der Waals surface area contributed by atoms with Gasteiger partial charge in [0.15, 0.2) is 0 Å². The molecule has 0 spiro atoms. The molecule has 1 saturated carbocycles. The average Bonchev–Trinajstić information content (AvgIpc) is 2.99. The molecule has 16 heavy (non-hydrogen) atoms. The van der Waals surface area contributed by atoms with Crippen LogP contribution in [0.2, 0.25) is 0 Å². The van der Waals surface area contributed by atoms with E-state index in [-0.39, 0.29) is 0 Å². The number of hydrogen-bond donors (Lipinski definition) is 1. The highest BCUT2D eigenvalue weighted by Crippen LogP contribution is 2.50. The number of benzene rings is 1. The van der Waals surface area contributed by atoms with Gasteiger partial charge < -0.3 is 5.11 Å². The summed E-state index contributed by atoms with van der Waals surface area (Å²) in [6.07, 6.45) is 3.55. The molecule has 1 fully saturated rings. The lowest BCUT2D eigenvalue weighted by Gasteiger charge is -2.15. The van der Waals surface area contributed by atoms with Crippen LogP contribution in [-0.2, 0) is 16.6 Å². The summed E-state index contributed by atoms with van der Waals surface area (Å²) in [4.78, 5) is 11.3. The quantitative estimate of drug-likeness (QED) is 0.918. The fraction of sp³-hybridized carbons (Fsp3) is 0.462. The van der Waals surface area contributed by atoms with Crippen molar-refractivity contribution in [2.75, 3.05) is 0 Å². The first-order chi connectivity index (χ1) is 7.60. The maximum absolute atomic E-state index is 11.3. The molecule has 2 nitrogen and oxygen atoms in total. The summed E-state index contributed by atoms with van der Waals surface area (Å²) in [6, 6.07) is 5.97. The molecule has 0 atom stereocenters. The van der Waals surface area contributed by atoms with Gasteiger partial charge in [0.25, 0.3) is 0 Å². The highest BCUT2D eigenvalue weighted by molar-refractivity contribution is 9.10. The Bertz CT molecular complexity index is 422. The van der Waals surface area contributed by atoms with Crippen LogP contribution in [0.15, 0.2) is 22.7 Å². The summed E-state index contributed by atoms with van der Waals surface area (Å²) in [5.74, 6) is -0.674. The Morgan fingerprint density at radius 2 is 2.19 bits per heavy atom. The molecule has 0 radical (unpaired) electrons. The van der Waals surface area contributed by atoms with Crippen molar-refractivity contribution in [3.63, 3.8) is 0 Å². The third-order valence-corrected chi connectivity index (χ3v) is 3.75. The Morgan fingerprint density at radius 3 is 2.69 bits per heavy atom. The van der Waals surface area contributed by atoms with Crippen molar-refractivity contribution in [3.05, 3.63) is 33.8 Å². The number of aryl methyl sites for hydroxylation is 1. The van der Waals surface area contributed by atoms with Crippen LogP contribution in [0.25, 0.3) is 0 Å². The molecule has 0 aromatic heterocycles. The maximum atomic E-state index is 11.3. The number of halogens is 1. The van der Waals surface area contributed by atoms with Gasteiger partial charge in [0.1, 0.15) is 0 Å². The van der Waals surface area contributed by atoms with Crippen LogP contribution in [0, 0.1) is 0 Å². The minimum Gasteiger partial charge on any atom is -0.481 e. The molecule has 1 aromatic rings. The van der Waals surface area contributed by atoms with E-state index in [4.69, 9.17) is 0 Å². The number of aliphatic carboxylic acids is 1. The second kappa shape index (κ2) is 4.21. The Hall–Kier alpha value is -0.830. The molecule has 0 heterocycles. The topological polar surface area (TPSA) is 37.3 Å². The van der Waals surface area contributed by atoms with Crippen LogP contribution in [-0.4, -0.2) is 11.1 Å². The molecular weight excluding hydrogens is 268 g/mol. The summed E-state index contributed by atoms with van der Waals surface area (Å²) in [5.41, 5.74) is 1.62. The normalized spacial score (nSPS) is 17.1. The molecule has 1 aliphatic rings. The lowest BCUT2D eigenvalue weighted by molar-refractivity contribution is -0.140. The van der Waals surface area contributed by atoms with Crippen LogP contribution in [0.3, 0.4) is 0 Å². The zero-order valence-corrected chi connectivity index (χ0v) is 10.9. The van der Waals surface area contributed by atoms with Crippen molar-refractivity contribution < 1.29 is 9.90 Å². The minimum absolute atomic E-state index is 0.578. The molecule has 0 aliphatic heterocycles. The van der Waals surface area contributed by atoms with Crippen LogP contribution in [0.4, 0.5) is 0 Å². The fourth-order valence-electron chi connectivity index (χ4n) is 2.23. The van der Waals surface area contributed by atoms with Crippen molar-refractivity contribution >= 4 is 21.9 Å². The van der Waals surface area contributed by atoms with E-state index in [2.05, 4.69) is 28.9 Å². The van der Waals surface area contributed by atoms with Gasteiger partial charge in [-0.05, 0) is 42.5 Å². The van der Waals surface area contributed by atoms with Gasteiger partial charge in [-0.25, -0.2) is 0 Å². The van der Waals surface area contributed by atoms with E-state index in [9.17, 15) is 9.90 Å². The van der Waals surface area contributed by atoms with E-state index < -0.39 is 11.4 Å². The van der Waals surface area contributed by atoms with Crippen molar-refractivity contribution in [2.45, 2.75) is 38.0 Å². The first-order valence-corrected chi connectivity index (χ1v) is 6.42. The zero-order chi connectivity index (χ0) is 11.8. The van der Waals surface area contributed by atoms with E-state index >= 15 is 0 Å². The van der Waals surface area contributed by atoms with Gasteiger partial charge in [-0.3, -0.25) is 4.79 Å². The van der Waals surface area contributed by atoms with E-state index in [0.717, 1.165) is 35.7 Å². The predicted molar refractivity (Wildman–Crippen MR) is 66.7 cm³/mol. The summed E-state index contributed by atoms with van der Waals surface area (Å²) < 4.78 is 1.03. The predicted octanol–water partition coefficient (Wildman–Crippen LogP) is 3.52. The maximum Gasteiger partial charge on any atom is 0.314 e. The second-order valence-corrected chi connectivity index (χ2v) is 5.35. The van der Waals surface area contributed by atoms with Crippen molar-refractivity contribution in [1.82, 2.24) is 0 Å². The van der Waals surface area contributed by atoms with Gasteiger partial charge in [0.2, 0.25) is 0 Å². The van der Waals surface area contributed by atoms with Crippen LogP contribution in [0.1, 0.15) is 37.3 Å². The highest BCUT2D eigenvalue weighted by Gasteiger charge is 2.52. The van der Waals surface area contributed by atoms with Gasteiger partial charge in [-0.1, -0.05) is 35.3 Å². The van der Waals surface area contributed by atoms with E-state index in [1.54, 1.807) is 0 Å². The van der Waals surface area contributed by atoms with Gasteiger partial charge in [-0.2, -0.15) is 0 Å². The lowest BCUT2D eigenvalue weighted by Crippen LogP contribution is -2.21. The zero-order valence-electron chi connectivity index (χ0n) is 9.29. The van der Waals surface area contributed by atoms with Crippen molar-refractivity contribution in [2.24, 2.45) is 0 Å². The first kappa shape index (κ1) is 11.6. The van der Waals surface area contributed by atoms with Crippen molar-refractivity contribution in [3.8, 4) is 0 Å². The van der Waals surface area contributed by atoms with Crippen LogP contribution < -0.4 is 0 Å². The molecule has 1 aromatic carbocycles. The van der Waals surface area contributed by atoms with E-state index in [0.29, 0.717) is 0 Å². The molecule has 0 saturated heterocycles. The fourth-order valence-corrected chi connectivity index (χ4v) is 2.64. The van der Waals surface area contributed by atoms with Gasteiger partial charge in [-0.15, -0.1) is 0 Å². The van der Waals surface area contributed by atoms with Crippen LogP contribution >= 0.6 is 15.9 Å². The lowest BCUT2D eigenvalue weighted by atomic mass is 9.89. The molecule has 3 heteroatoms. The van der Waals surface area contributed by atoms with E-state index in [1.807, 2.05) is 12.1 Å². The Balaban J connectivity index is 2.44. The molecule has 2 rings (SSSR count). The molecule has 1 N–H and O–H groups in total. The average molecular weight is 283 g/mol. The molecule has 0 amide bonds. The third-order valence-electron chi connectivity index (χ3n) is 3.26. The van der Waals surface area contributed by atoms with Crippen LogP contribution in [0.5, 0.6) is 0 Å². The summed E-state index contributed by atoms with van der Waals surface area (Å²) in [6.45, 7) is 2.12. The largest absolute Gasteiger partial charge is 0.481 e. The van der Waals surface area contributed by atoms with Gasteiger partial charge >= 0.3 is 5.97 Å². The summed E-state index contributed by atoms with van der Waals surface area (Å²) in [7, 11) is 0. The number of carbonyl (C=O) groups is 1. The SMILES string of the molecule is CCCc1cc(Br)ccc1C1(C(=O)O)CC1. The molecule has 0 unspecified atom stereocenters. The van der Waals surface area contributed by atoms with Gasteiger partial charge in [0, 0.05) is 4.47 Å². The molecule has 0 bridgehead atoms. The molecule has 1 aliphatic carbocycles. The number of carboxylic acids is 1. The Kier molecular flexibility index (Phi) is 3.06. The minimum atomic E-state index is -0.674. The molecule has 86 valence electrons. The summed E-state index contributed by atoms with van der Waals surface area (Å²) in [5, 5.41) is 9.31. The van der Waals surface area contributed by atoms with Gasteiger partial charge in [0.05, 0.1) is 5.41 Å². The highest BCUT2D eigenvalue weighted by atomic mass is 79.9. The number of carboxylic acid groups (broad SMARTS) is 1. The Labute approximate surface area is 104 Å².